The van der Waals surface area contributed by atoms with Crippen molar-refractivity contribution >= 4 is 17.6 Å². The summed E-state index contributed by atoms with van der Waals surface area (Å²) in [7, 11) is 0. The summed E-state index contributed by atoms with van der Waals surface area (Å²) in [4.78, 5) is 36.2. The highest BCUT2D eigenvalue weighted by molar-refractivity contribution is 5.96. The van der Waals surface area contributed by atoms with Gasteiger partial charge in [-0.25, -0.2) is 0 Å². The van der Waals surface area contributed by atoms with Gasteiger partial charge in [0.2, 0.25) is 11.8 Å². The van der Waals surface area contributed by atoms with Crippen LogP contribution in [0, 0.1) is 5.92 Å². The summed E-state index contributed by atoms with van der Waals surface area (Å²) in [6.07, 6.45) is 3.44. The average Bonchev–Trinajstić information content (AvgIpc) is 2.38. The van der Waals surface area contributed by atoms with Crippen LogP contribution >= 0.6 is 0 Å². The molecule has 0 aromatic heterocycles. The monoisotopic (exact) mass is 268 g/mol. The molecule has 5 nitrogen and oxygen atoms in total. The molecule has 1 saturated heterocycles. The van der Waals surface area contributed by atoms with Gasteiger partial charge in [-0.05, 0) is 26.2 Å². The quantitative estimate of drug-likeness (QED) is 0.580. The van der Waals surface area contributed by atoms with Crippen molar-refractivity contribution in [2.24, 2.45) is 5.92 Å². The number of hydrogen-bond donors (Lipinski definition) is 1. The first-order valence-electron chi connectivity index (χ1n) is 7.09. The molecular formula is C14H24N2O3. The van der Waals surface area contributed by atoms with Gasteiger partial charge >= 0.3 is 0 Å². The number of rotatable bonds is 6. The molecule has 1 aliphatic heterocycles. The van der Waals surface area contributed by atoms with Gasteiger partial charge in [-0.3, -0.25) is 14.4 Å². The summed E-state index contributed by atoms with van der Waals surface area (Å²) in [6, 6.07) is 0. The second-order valence-corrected chi connectivity index (χ2v) is 5.18. The van der Waals surface area contributed by atoms with E-state index in [9.17, 15) is 14.4 Å². The van der Waals surface area contributed by atoms with Crippen LogP contribution in [0.4, 0.5) is 0 Å². The number of unbranched alkanes of at least 4 members (excludes halogenated alkanes) is 1. The number of carbonyl (C=O) groups is 3. The summed E-state index contributed by atoms with van der Waals surface area (Å²) in [5.41, 5.74) is 0. The van der Waals surface area contributed by atoms with Crippen molar-refractivity contribution in [2.75, 3.05) is 19.6 Å². The van der Waals surface area contributed by atoms with Crippen molar-refractivity contribution in [2.45, 2.75) is 46.0 Å². The molecule has 1 N–H and O–H groups in total. The minimum Gasteiger partial charge on any atom is -0.356 e. The normalized spacial score (nSPS) is 16.2. The molecule has 108 valence electrons. The van der Waals surface area contributed by atoms with Gasteiger partial charge in [0.1, 0.15) is 5.78 Å². The van der Waals surface area contributed by atoms with Crippen LogP contribution in [0.1, 0.15) is 46.0 Å². The van der Waals surface area contributed by atoms with Gasteiger partial charge in [-0.15, -0.1) is 0 Å². The lowest BCUT2D eigenvalue weighted by Crippen LogP contribution is -2.43. The van der Waals surface area contributed by atoms with Gasteiger partial charge in [0, 0.05) is 25.6 Å². The summed E-state index contributed by atoms with van der Waals surface area (Å²) < 4.78 is 0. The number of carbonyl (C=O) groups excluding carboxylic acids is 3. The largest absolute Gasteiger partial charge is 0.356 e. The third kappa shape index (κ3) is 5.41. The minimum atomic E-state index is -0.114. The molecule has 0 aliphatic carbocycles. The van der Waals surface area contributed by atoms with Gasteiger partial charge in [-0.2, -0.15) is 0 Å². The van der Waals surface area contributed by atoms with Crippen LogP contribution in [0.5, 0.6) is 0 Å². The van der Waals surface area contributed by atoms with Crippen molar-refractivity contribution in [1.29, 1.82) is 0 Å². The number of ketones is 1. The fourth-order valence-electron chi connectivity index (χ4n) is 2.25. The van der Waals surface area contributed by atoms with Gasteiger partial charge < -0.3 is 10.2 Å². The predicted octanol–water partition coefficient (Wildman–Crippen LogP) is 1.12. The molecule has 1 aliphatic rings. The Hall–Kier alpha value is -1.39. The first-order valence-corrected chi connectivity index (χ1v) is 7.09. The van der Waals surface area contributed by atoms with Crippen LogP contribution < -0.4 is 5.32 Å². The average molecular weight is 268 g/mol. The van der Waals surface area contributed by atoms with Crippen molar-refractivity contribution in [1.82, 2.24) is 10.2 Å². The zero-order chi connectivity index (χ0) is 14.3. The number of hydrogen-bond acceptors (Lipinski definition) is 3. The Morgan fingerprint density at radius 2 is 1.84 bits per heavy atom. The highest BCUT2D eigenvalue weighted by Gasteiger charge is 2.27. The lowest BCUT2D eigenvalue weighted by atomic mass is 9.95. The molecule has 0 radical (unpaired) electrons. The van der Waals surface area contributed by atoms with Gasteiger partial charge in [0.25, 0.3) is 0 Å². The van der Waals surface area contributed by atoms with Crippen LogP contribution in [-0.2, 0) is 14.4 Å². The Balaban J connectivity index is 2.30. The molecule has 1 rings (SSSR count). The highest BCUT2D eigenvalue weighted by Crippen LogP contribution is 2.18. The van der Waals surface area contributed by atoms with Crippen LogP contribution in [0.2, 0.25) is 0 Å². The van der Waals surface area contributed by atoms with Crippen LogP contribution in [0.3, 0.4) is 0 Å². The molecule has 0 aromatic carbocycles. The van der Waals surface area contributed by atoms with E-state index in [0.29, 0.717) is 25.9 Å². The summed E-state index contributed by atoms with van der Waals surface area (Å²) in [5, 5.41) is 2.93. The maximum absolute atomic E-state index is 11.9. The van der Waals surface area contributed by atoms with Crippen LogP contribution in [-0.4, -0.2) is 42.1 Å². The first kappa shape index (κ1) is 15.7. The lowest BCUT2D eigenvalue weighted by molar-refractivity contribution is -0.138. The molecule has 0 aromatic rings. The summed E-state index contributed by atoms with van der Waals surface area (Å²) >= 11 is 0. The topological polar surface area (TPSA) is 66.5 Å². The maximum atomic E-state index is 11.9. The Labute approximate surface area is 114 Å². The van der Waals surface area contributed by atoms with E-state index in [1.54, 1.807) is 4.90 Å². The smallest absolute Gasteiger partial charge is 0.230 e. The lowest BCUT2D eigenvalue weighted by Gasteiger charge is -2.31. The highest BCUT2D eigenvalue weighted by atomic mass is 16.2. The van der Waals surface area contributed by atoms with E-state index in [0.717, 1.165) is 19.4 Å². The van der Waals surface area contributed by atoms with E-state index in [-0.39, 0.29) is 29.9 Å². The Morgan fingerprint density at radius 1 is 1.21 bits per heavy atom. The van der Waals surface area contributed by atoms with Gasteiger partial charge in [0.15, 0.2) is 0 Å². The molecule has 2 amide bonds. The number of Topliss-reactive ketones (excluding diaryl/α,β-unsaturated/α-hetero) is 1. The second kappa shape index (κ2) is 7.92. The zero-order valence-electron chi connectivity index (χ0n) is 11.9. The number of piperidine rings is 1. The number of nitrogens with zero attached hydrogens (tertiary/aromatic N) is 1. The predicted molar refractivity (Wildman–Crippen MR) is 72.5 cm³/mol. The number of nitrogens with one attached hydrogen (secondary N) is 1. The fourth-order valence-corrected chi connectivity index (χ4v) is 2.25. The number of amides is 2. The Bertz CT molecular complexity index is 334. The van der Waals surface area contributed by atoms with Crippen molar-refractivity contribution < 1.29 is 14.4 Å². The van der Waals surface area contributed by atoms with Gasteiger partial charge in [-0.1, -0.05) is 13.3 Å². The Morgan fingerprint density at radius 3 is 2.37 bits per heavy atom. The van der Waals surface area contributed by atoms with E-state index < -0.39 is 0 Å². The van der Waals surface area contributed by atoms with Crippen molar-refractivity contribution in [3.05, 3.63) is 0 Å². The van der Waals surface area contributed by atoms with Gasteiger partial charge in [0.05, 0.1) is 6.42 Å². The first-order chi connectivity index (χ1) is 9.04. The zero-order valence-corrected chi connectivity index (χ0v) is 11.9. The second-order valence-electron chi connectivity index (χ2n) is 5.18. The third-order valence-corrected chi connectivity index (χ3v) is 3.45. The number of likely N-dealkylation sites (tertiary alicyclic amines) is 1. The SMILES string of the molecule is CCCCNC(=O)C1CCN(C(=O)CC(C)=O)CC1. The molecule has 5 heteroatoms. The standard InChI is InChI=1S/C14H24N2O3/c1-3-4-7-15-14(19)12-5-8-16(9-6-12)13(18)10-11(2)17/h12H,3-10H2,1-2H3,(H,15,19). The minimum absolute atomic E-state index is 0.0123. The Kier molecular flexibility index (Phi) is 6.53. The molecule has 0 atom stereocenters. The van der Waals surface area contributed by atoms with Crippen molar-refractivity contribution in [3.8, 4) is 0 Å². The van der Waals surface area contributed by atoms with Crippen LogP contribution in [0.15, 0.2) is 0 Å². The van der Waals surface area contributed by atoms with E-state index in [4.69, 9.17) is 0 Å². The molecule has 0 saturated carbocycles. The molecule has 1 heterocycles. The fraction of sp³-hybridized carbons (Fsp3) is 0.786. The third-order valence-electron chi connectivity index (χ3n) is 3.45. The maximum Gasteiger partial charge on any atom is 0.230 e. The molecule has 0 unspecified atom stereocenters. The molecular weight excluding hydrogens is 244 g/mol. The van der Waals surface area contributed by atoms with E-state index in [1.807, 2.05) is 0 Å². The molecule has 0 bridgehead atoms. The van der Waals surface area contributed by atoms with E-state index >= 15 is 0 Å². The van der Waals surface area contributed by atoms with Crippen LogP contribution in [0.25, 0.3) is 0 Å². The summed E-state index contributed by atoms with van der Waals surface area (Å²) in [6.45, 7) is 5.41. The van der Waals surface area contributed by atoms with Crippen molar-refractivity contribution in [3.63, 3.8) is 0 Å². The van der Waals surface area contributed by atoms with E-state index in [1.165, 1.54) is 6.92 Å². The molecule has 0 spiro atoms. The van der Waals surface area contributed by atoms with E-state index in [2.05, 4.69) is 12.2 Å². The summed E-state index contributed by atoms with van der Waals surface area (Å²) in [5.74, 6) is -0.105. The molecule has 19 heavy (non-hydrogen) atoms. The molecule has 1 fully saturated rings.